The van der Waals surface area contributed by atoms with Gasteiger partial charge in [0.25, 0.3) is 0 Å². The van der Waals surface area contributed by atoms with Crippen molar-refractivity contribution in [2.24, 2.45) is 0 Å². The van der Waals surface area contributed by atoms with Gasteiger partial charge < -0.3 is 5.73 Å². The standard InChI is InChI=1S/C13H17ClN2/c1-8(14)7-12-9(2)13(15)10-5-3-4-6-11(10)16-12/h7H,3-6H2,1-2H3,(H2,15,16)/b8-7+. The Balaban J connectivity index is 2.57. The number of nitrogen functional groups attached to an aromatic ring is 1. The Morgan fingerprint density at radius 1 is 1.38 bits per heavy atom. The minimum atomic E-state index is 0.741. The molecule has 0 unspecified atom stereocenters. The number of halogens is 1. The first kappa shape index (κ1) is 11.5. The molecule has 0 aromatic carbocycles. The third-order valence-electron chi connectivity index (χ3n) is 3.14. The largest absolute Gasteiger partial charge is 0.398 e. The van der Waals surface area contributed by atoms with Gasteiger partial charge in [-0.25, -0.2) is 0 Å². The molecule has 0 amide bonds. The van der Waals surface area contributed by atoms with Crippen LogP contribution in [0.1, 0.15) is 42.3 Å². The van der Waals surface area contributed by atoms with Gasteiger partial charge in [-0.15, -0.1) is 0 Å². The number of pyridine rings is 1. The van der Waals surface area contributed by atoms with Crippen molar-refractivity contribution in [2.75, 3.05) is 5.73 Å². The van der Waals surface area contributed by atoms with E-state index >= 15 is 0 Å². The van der Waals surface area contributed by atoms with Crippen molar-refractivity contribution >= 4 is 23.4 Å². The average molecular weight is 237 g/mol. The van der Waals surface area contributed by atoms with E-state index in [2.05, 4.69) is 4.98 Å². The van der Waals surface area contributed by atoms with Gasteiger partial charge in [0, 0.05) is 16.4 Å². The minimum absolute atomic E-state index is 0.741. The summed E-state index contributed by atoms with van der Waals surface area (Å²) < 4.78 is 0. The Kier molecular flexibility index (Phi) is 3.20. The second kappa shape index (κ2) is 4.46. The van der Waals surface area contributed by atoms with Crippen molar-refractivity contribution in [2.45, 2.75) is 39.5 Å². The Hall–Kier alpha value is -1.02. The van der Waals surface area contributed by atoms with E-state index in [4.69, 9.17) is 17.3 Å². The Morgan fingerprint density at radius 3 is 2.75 bits per heavy atom. The summed E-state index contributed by atoms with van der Waals surface area (Å²) in [4.78, 5) is 4.67. The molecule has 16 heavy (non-hydrogen) atoms. The van der Waals surface area contributed by atoms with Crippen LogP contribution in [0.5, 0.6) is 0 Å². The summed E-state index contributed by atoms with van der Waals surface area (Å²) in [6, 6.07) is 0. The van der Waals surface area contributed by atoms with Crippen LogP contribution < -0.4 is 5.73 Å². The van der Waals surface area contributed by atoms with Crippen LogP contribution in [0.2, 0.25) is 0 Å². The van der Waals surface area contributed by atoms with Gasteiger partial charge in [-0.05, 0) is 56.7 Å². The third-order valence-corrected chi connectivity index (χ3v) is 3.25. The summed E-state index contributed by atoms with van der Waals surface area (Å²) in [7, 11) is 0. The molecule has 2 nitrogen and oxygen atoms in total. The first-order valence-corrected chi connectivity index (χ1v) is 6.09. The molecule has 86 valence electrons. The van der Waals surface area contributed by atoms with Crippen LogP contribution in [0.4, 0.5) is 5.69 Å². The van der Waals surface area contributed by atoms with Crippen LogP contribution in [0, 0.1) is 6.92 Å². The molecule has 3 heteroatoms. The smallest absolute Gasteiger partial charge is 0.0694 e. The third kappa shape index (κ3) is 2.07. The number of aromatic nitrogens is 1. The Labute approximate surface area is 102 Å². The van der Waals surface area contributed by atoms with Crippen molar-refractivity contribution in [1.29, 1.82) is 0 Å². The van der Waals surface area contributed by atoms with E-state index in [0.29, 0.717) is 0 Å². The number of rotatable bonds is 1. The molecule has 1 aliphatic rings. The van der Waals surface area contributed by atoms with Crippen molar-refractivity contribution in [3.05, 3.63) is 27.5 Å². The normalized spacial score (nSPS) is 16.1. The minimum Gasteiger partial charge on any atom is -0.398 e. The van der Waals surface area contributed by atoms with Gasteiger partial charge in [0.1, 0.15) is 0 Å². The van der Waals surface area contributed by atoms with Gasteiger partial charge in [-0.3, -0.25) is 4.98 Å². The van der Waals surface area contributed by atoms with Crippen LogP contribution in [0.25, 0.3) is 6.08 Å². The molecule has 0 radical (unpaired) electrons. The molecule has 1 heterocycles. The molecule has 0 aliphatic heterocycles. The van der Waals surface area contributed by atoms with Crippen molar-refractivity contribution in [3.8, 4) is 0 Å². The van der Waals surface area contributed by atoms with Crippen molar-refractivity contribution < 1.29 is 0 Å². The Morgan fingerprint density at radius 2 is 2.06 bits per heavy atom. The fourth-order valence-electron chi connectivity index (χ4n) is 2.23. The van der Waals surface area contributed by atoms with Crippen LogP contribution in [-0.4, -0.2) is 4.98 Å². The molecule has 1 aromatic rings. The summed E-state index contributed by atoms with van der Waals surface area (Å²) in [5, 5.41) is 0.741. The zero-order valence-electron chi connectivity index (χ0n) is 9.81. The number of hydrogen-bond acceptors (Lipinski definition) is 2. The lowest BCUT2D eigenvalue weighted by Crippen LogP contribution is -2.11. The van der Waals surface area contributed by atoms with E-state index in [9.17, 15) is 0 Å². The van der Waals surface area contributed by atoms with Crippen LogP contribution in [-0.2, 0) is 12.8 Å². The lowest BCUT2D eigenvalue weighted by atomic mass is 9.92. The first-order chi connectivity index (χ1) is 7.59. The predicted molar refractivity (Wildman–Crippen MR) is 69.5 cm³/mol. The molecular weight excluding hydrogens is 220 g/mol. The van der Waals surface area contributed by atoms with E-state index in [1.54, 1.807) is 0 Å². The Bertz CT molecular complexity index is 446. The van der Waals surface area contributed by atoms with Gasteiger partial charge >= 0.3 is 0 Å². The maximum Gasteiger partial charge on any atom is 0.0694 e. The molecule has 0 atom stereocenters. The highest BCUT2D eigenvalue weighted by Gasteiger charge is 2.17. The molecule has 2 rings (SSSR count). The molecule has 0 saturated carbocycles. The number of nitrogens with two attached hydrogens (primary N) is 1. The fourth-order valence-corrected chi connectivity index (χ4v) is 2.33. The van der Waals surface area contributed by atoms with Crippen molar-refractivity contribution in [1.82, 2.24) is 4.98 Å². The number of fused-ring (bicyclic) bond motifs is 1. The lowest BCUT2D eigenvalue weighted by molar-refractivity contribution is 0.668. The summed E-state index contributed by atoms with van der Waals surface area (Å²) >= 11 is 5.90. The quantitative estimate of drug-likeness (QED) is 0.811. The number of hydrogen-bond donors (Lipinski definition) is 1. The molecule has 1 aliphatic carbocycles. The maximum absolute atomic E-state index is 6.17. The van der Waals surface area contributed by atoms with Gasteiger partial charge in [0.05, 0.1) is 5.69 Å². The van der Waals surface area contributed by atoms with E-state index in [-0.39, 0.29) is 0 Å². The molecule has 0 fully saturated rings. The lowest BCUT2D eigenvalue weighted by Gasteiger charge is -2.19. The second-order valence-electron chi connectivity index (χ2n) is 4.40. The summed E-state index contributed by atoms with van der Waals surface area (Å²) in [5.74, 6) is 0. The molecular formula is C13H17ClN2. The number of anilines is 1. The number of nitrogens with zero attached hydrogens (tertiary/aromatic N) is 1. The SMILES string of the molecule is C/C(Cl)=C\c1nc2c(c(N)c1C)CCCC2. The molecule has 0 bridgehead atoms. The van der Waals surface area contributed by atoms with Gasteiger partial charge in [-0.2, -0.15) is 0 Å². The first-order valence-electron chi connectivity index (χ1n) is 5.71. The van der Waals surface area contributed by atoms with E-state index in [1.807, 2.05) is 19.9 Å². The maximum atomic E-state index is 6.17. The van der Waals surface area contributed by atoms with E-state index in [1.165, 1.54) is 24.1 Å². The highest BCUT2D eigenvalue weighted by atomic mass is 35.5. The predicted octanol–water partition coefficient (Wildman–Crippen LogP) is 3.45. The average Bonchev–Trinajstić information content (AvgIpc) is 2.25. The van der Waals surface area contributed by atoms with E-state index in [0.717, 1.165) is 34.8 Å². The molecule has 2 N–H and O–H groups in total. The van der Waals surface area contributed by atoms with Crippen LogP contribution >= 0.6 is 11.6 Å². The number of aryl methyl sites for hydroxylation is 1. The van der Waals surface area contributed by atoms with Gasteiger partial charge in [0.15, 0.2) is 0 Å². The summed E-state index contributed by atoms with van der Waals surface area (Å²) in [6.07, 6.45) is 6.44. The summed E-state index contributed by atoms with van der Waals surface area (Å²) in [6.45, 7) is 3.88. The molecule has 1 aromatic heterocycles. The van der Waals surface area contributed by atoms with Crippen molar-refractivity contribution in [3.63, 3.8) is 0 Å². The van der Waals surface area contributed by atoms with Crippen LogP contribution in [0.3, 0.4) is 0 Å². The molecule has 0 saturated heterocycles. The highest BCUT2D eigenvalue weighted by Crippen LogP contribution is 2.29. The van der Waals surface area contributed by atoms with Gasteiger partial charge in [-0.1, -0.05) is 11.6 Å². The summed E-state index contributed by atoms with van der Waals surface area (Å²) in [5.41, 5.74) is 11.5. The zero-order valence-corrected chi connectivity index (χ0v) is 10.6. The fraction of sp³-hybridized carbons (Fsp3) is 0.462. The monoisotopic (exact) mass is 236 g/mol. The van der Waals surface area contributed by atoms with E-state index < -0.39 is 0 Å². The molecule has 0 spiro atoms. The van der Waals surface area contributed by atoms with Crippen LogP contribution in [0.15, 0.2) is 5.03 Å². The van der Waals surface area contributed by atoms with Gasteiger partial charge in [0.2, 0.25) is 0 Å². The topological polar surface area (TPSA) is 38.9 Å². The zero-order chi connectivity index (χ0) is 11.7. The number of allylic oxidation sites excluding steroid dienone is 1. The second-order valence-corrected chi connectivity index (χ2v) is 5.00. The highest BCUT2D eigenvalue weighted by molar-refractivity contribution is 6.31.